The molecule has 8 heteroatoms. The number of nitrogens with zero attached hydrogens (tertiary/aromatic N) is 4. The summed E-state index contributed by atoms with van der Waals surface area (Å²) in [6, 6.07) is -1.24. The second-order valence-corrected chi connectivity index (χ2v) is 2.56. The van der Waals surface area contributed by atoms with Crippen LogP contribution in [0.3, 0.4) is 0 Å². The van der Waals surface area contributed by atoms with Gasteiger partial charge in [-0.3, -0.25) is 0 Å². The van der Waals surface area contributed by atoms with E-state index in [4.69, 9.17) is 5.73 Å². The molecule has 1 rings (SSSR count). The molecule has 0 saturated heterocycles. The van der Waals surface area contributed by atoms with Gasteiger partial charge < -0.3 is 5.73 Å². The highest BCUT2D eigenvalue weighted by molar-refractivity contribution is 4.88. The first-order valence-electron chi connectivity index (χ1n) is 3.45. The van der Waals surface area contributed by atoms with E-state index in [0.29, 0.717) is 0 Å². The first-order valence-corrected chi connectivity index (χ1v) is 3.45. The van der Waals surface area contributed by atoms with Crippen molar-refractivity contribution in [2.24, 2.45) is 12.8 Å². The van der Waals surface area contributed by atoms with Gasteiger partial charge >= 0.3 is 6.18 Å². The maximum absolute atomic E-state index is 11.8. The molecule has 0 radical (unpaired) electrons. The van der Waals surface area contributed by atoms with E-state index in [1.54, 1.807) is 0 Å². The highest BCUT2D eigenvalue weighted by atomic mass is 19.4. The van der Waals surface area contributed by atoms with Crippen LogP contribution in [0.25, 0.3) is 0 Å². The Morgan fingerprint density at radius 1 is 1.54 bits per heavy atom. The molecule has 5 nitrogen and oxygen atoms in total. The van der Waals surface area contributed by atoms with Gasteiger partial charge in [-0.25, -0.2) is 0 Å². The van der Waals surface area contributed by atoms with Gasteiger partial charge in [0.25, 0.3) is 0 Å². The fourth-order valence-electron chi connectivity index (χ4n) is 0.788. The van der Waals surface area contributed by atoms with Gasteiger partial charge in [0.15, 0.2) is 5.82 Å². The molecular weight excluding hydrogens is 187 g/mol. The van der Waals surface area contributed by atoms with Crippen molar-refractivity contribution >= 4 is 0 Å². The standard InChI is InChI=1S/C5H8F3N5/c1-13-11-4(10-12-13)3(9)2-5(6,7)8/h3H,2,9H2,1H3. The van der Waals surface area contributed by atoms with Crippen LogP contribution in [0.2, 0.25) is 0 Å². The lowest BCUT2D eigenvalue weighted by Crippen LogP contribution is -2.21. The summed E-state index contributed by atoms with van der Waals surface area (Å²) in [5, 5.41) is 10.3. The monoisotopic (exact) mass is 195 g/mol. The largest absolute Gasteiger partial charge is 0.391 e. The predicted molar refractivity (Wildman–Crippen MR) is 36.4 cm³/mol. The Morgan fingerprint density at radius 3 is 2.54 bits per heavy atom. The van der Waals surface area contributed by atoms with Crippen LogP contribution in [0.1, 0.15) is 18.3 Å². The minimum absolute atomic E-state index is 0.0974. The smallest absolute Gasteiger partial charge is 0.321 e. The summed E-state index contributed by atoms with van der Waals surface area (Å²) in [5.74, 6) is -0.0974. The first kappa shape index (κ1) is 9.90. The van der Waals surface area contributed by atoms with Crippen molar-refractivity contribution in [3.63, 3.8) is 0 Å². The van der Waals surface area contributed by atoms with Crippen LogP contribution in [0.4, 0.5) is 13.2 Å². The molecule has 1 heterocycles. The van der Waals surface area contributed by atoms with Gasteiger partial charge in [-0.15, -0.1) is 10.2 Å². The van der Waals surface area contributed by atoms with Crippen molar-refractivity contribution in [1.82, 2.24) is 20.2 Å². The van der Waals surface area contributed by atoms with Crippen molar-refractivity contribution in [3.8, 4) is 0 Å². The van der Waals surface area contributed by atoms with Gasteiger partial charge in [-0.2, -0.15) is 18.0 Å². The number of rotatable bonds is 2. The van der Waals surface area contributed by atoms with E-state index < -0.39 is 18.6 Å². The summed E-state index contributed by atoms with van der Waals surface area (Å²) in [5.41, 5.74) is 5.20. The molecule has 1 aromatic heterocycles. The third-order valence-corrected chi connectivity index (χ3v) is 1.31. The van der Waals surface area contributed by atoms with Crippen LogP contribution >= 0.6 is 0 Å². The second kappa shape index (κ2) is 3.29. The number of tetrazole rings is 1. The average Bonchev–Trinajstić information content (AvgIpc) is 2.31. The van der Waals surface area contributed by atoms with E-state index >= 15 is 0 Å². The van der Waals surface area contributed by atoms with E-state index in [1.165, 1.54) is 7.05 Å². The average molecular weight is 195 g/mol. The minimum Gasteiger partial charge on any atom is -0.321 e. The van der Waals surface area contributed by atoms with Crippen LogP contribution in [0.15, 0.2) is 0 Å². The molecule has 0 bridgehead atoms. The lowest BCUT2D eigenvalue weighted by Gasteiger charge is -2.09. The van der Waals surface area contributed by atoms with Crippen LogP contribution in [-0.2, 0) is 7.05 Å². The van der Waals surface area contributed by atoms with Crippen LogP contribution in [0, 0.1) is 0 Å². The SMILES string of the molecule is Cn1nnc(C(N)CC(F)(F)F)n1. The number of aryl methyl sites for hydroxylation is 1. The quantitative estimate of drug-likeness (QED) is 0.729. The molecule has 0 aliphatic rings. The summed E-state index contributed by atoms with van der Waals surface area (Å²) in [6.45, 7) is 0. The summed E-state index contributed by atoms with van der Waals surface area (Å²) < 4.78 is 35.5. The fraction of sp³-hybridized carbons (Fsp3) is 0.800. The van der Waals surface area contributed by atoms with Gasteiger partial charge in [0.2, 0.25) is 0 Å². The molecule has 2 N–H and O–H groups in total. The molecular formula is C5H8F3N5. The zero-order chi connectivity index (χ0) is 10.1. The molecule has 0 aliphatic heterocycles. The van der Waals surface area contributed by atoms with Gasteiger partial charge in [0.05, 0.1) is 19.5 Å². The van der Waals surface area contributed by atoms with Gasteiger partial charge in [-0.1, -0.05) is 0 Å². The molecule has 0 saturated carbocycles. The number of hydrogen-bond acceptors (Lipinski definition) is 4. The first-order chi connectivity index (χ1) is 5.88. The number of alkyl halides is 3. The second-order valence-electron chi connectivity index (χ2n) is 2.56. The highest BCUT2D eigenvalue weighted by Gasteiger charge is 2.32. The molecule has 1 unspecified atom stereocenters. The van der Waals surface area contributed by atoms with Crippen LogP contribution < -0.4 is 5.73 Å². The third kappa shape index (κ3) is 2.98. The molecule has 0 fully saturated rings. The normalized spacial score (nSPS) is 14.5. The number of aromatic nitrogens is 4. The lowest BCUT2D eigenvalue weighted by molar-refractivity contribution is -0.138. The van der Waals surface area contributed by atoms with Crippen molar-refractivity contribution in [2.45, 2.75) is 18.6 Å². The van der Waals surface area contributed by atoms with Crippen LogP contribution in [0.5, 0.6) is 0 Å². The number of nitrogens with two attached hydrogens (primary N) is 1. The number of halogens is 3. The Kier molecular flexibility index (Phi) is 2.50. The topological polar surface area (TPSA) is 69.6 Å². The summed E-state index contributed by atoms with van der Waals surface area (Å²) in [6.07, 6.45) is -5.45. The Labute approximate surface area is 71.7 Å². The van der Waals surface area contributed by atoms with E-state index in [2.05, 4.69) is 15.4 Å². The van der Waals surface area contributed by atoms with Gasteiger partial charge in [0.1, 0.15) is 0 Å². The Bertz CT molecular complexity index is 280. The van der Waals surface area contributed by atoms with Crippen molar-refractivity contribution < 1.29 is 13.2 Å². The van der Waals surface area contributed by atoms with Crippen molar-refractivity contribution in [2.75, 3.05) is 0 Å². The molecule has 0 spiro atoms. The van der Waals surface area contributed by atoms with Gasteiger partial charge in [0, 0.05) is 0 Å². The van der Waals surface area contributed by atoms with E-state index in [9.17, 15) is 13.2 Å². The van der Waals surface area contributed by atoms with Crippen LogP contribution in [-0.4, -0.2) is 26.4 Å². The summed E-state index contributed by atoms with van der Waals surface area (Å²) >= 11 is 0. The lowest BCUT2D eigenvalue weighted by atomic mass is 10.2. The Hall–Kier alpha value is -1.18. The molecule has 0 amide bonds. The number of hydrogen-bond donors (Lipinski definition) is 1. The Balaban J connectivity index is 2.64. The zero-order valence-corrected chi connectivity index (χ0v) is 6.78. The molecule has 0 aromatic carbocycles. The van der Waals surface area contributed by atoms with Gasteiger partial charge in [-0.05, 0) is 5.21 Å². The maximum Gasteiger partial charge on any atom is 0.391 e. The molecule has 1 aromatic rings. The van der Waals surface area contributed by atoms with Crippen molar-refractivity contribution in [3.05, 3.63) is 5.82 Å². The molecule has 13 heavy (non-hydrogen) atoms. The van der Waals surface area contributed by atoms with E-state index in [0.717, 1.165) is 4.80 Å². The minimum atomic E-state index is -4.31. The molecule has 74 valence electrons. The van der Waals surface area contributed by atoms with E-state index in [1.807, 2.05) is 0 Å². The summed E-state index contributed by atoms with van der Waals surface area (Å²) in [4.78, 5) is 1.06. The van der Waals surface area contributed by atoms with Crippen molar-refractivity contribution in [1.29, 1.82) is 0 Å². The summed E-state index contributed by atoms with van der Waals surface area (Å²) in [7, 11) is 1.46. The fourth-order valence-corrected chi connectivity index (χ4v) is 0.788. The predicted octanol–water partition coefficient (Wildman–Crippen LogP) is 0.162. The molecule has 0 aliphatic carbocycles. The Morgan fingerprint density at radius 2 is 2.15 bits per heavy atom. The zero-order valence-electron chi connectivity index (χ0n) is 6.78. The highest BCUT2D eigenvalue weighted by Crippen LogP contribution is 2.25. The molecule has 1 atom stereocenters. The van der Waals surface area contributed by atoms with E-state index in [-0.39, 0.29) is 5.82 Å². The maximum atomic E-state index is 11.8. The third-order valence-electron chi connectivity index (χ3n) is 1.31.